The summed E-state index contributed by atoms with van der Waals surface area (Å²) >= 11 is 1.29. The number of thiophene rings is 1. The predicted molar refractivity (Wildman–Crippen MR) is 66.6 cm³/mol. The van der Waals surface area contributed by atoms with Gasteiger partial charge in [-0.3, -0.25) is 4.90 Å². The van der Waals surface area contributed by atoms with Crippen LogP contribution in [0.5, 0.6) is 0 Å². The average Bonchev–Trinajstić information content (AvgIpc) is 2.69. The lowest BCUT2D eigenvalue weighted by Crippen LogP contribution is -2.52. The van der Waals surface area contributed by atoms with Crippen LogP contribution in [0.3, 0.4) is 0 Å². The highest BCUT2D eigenvalue weighted by molar-refractivity contribution is 7.12. The minimum atomic E-state index is -0.832. The molecular formula is C12H17NO3S. The van der Waals surface area contributed by atoms with Crippen molar-refractivity contribution in [3.05, 3.63) is 21.9 Å². The van der Waals surface area contributed by atoms with Crippen LogP contribution in [0, 0.1) is 0 Å². The molecule has 1 aromatic heterocycles. The number of carbonyl (C=O) groups is 1. The van der Waals surface area contributed by atoms with E-state index < -0.39 is 5.97 Å². The molecule has 1 aliphatic heterocycles. The van der Waals surface area contributed by atoms with Crippen molar-refractivity contribution in [3.8, 4) is 0 Å². The Balaban J connectivity index is 2.14. The van der Waals surface area contributed by atoms with Crippen LogP contribution >= 0.6 is 11.3 Å². The fourth-order valence-electron chi connectivity index (χ4n) is 2.04. The molecule has 1 saturated heterocycles. The van der Waals surface area contributed by atoms with Gasteiger partial charge in [0, 0.05) is 18.6 Å². The summed E-state index contributed by atoms with van der Waals surface area (Å²) in [6.45, 7) is 7.19. The fourth-order valence-corrected chi connectivity index (χ4v) is 2.79. The van der Waals surface area contributed by atoms with Gasteiger partial charge in [0.15, 0.2) is 0 Å². The lowest BCUT2D eigenvalue weighted by atomic mass is 10.0. The molecule has 0 saturated carbocycles. The molecule has 2 heterocycles. The molecule has 0 atom stereocenters. The molecule has 5 heteroatoms. The van der Waals surface area contributed by atoms with Gasteiger partial charge in [0.1, 0.15) is 4.88 Å². The lowest BCUT2D eigenvalue weighted by Gasteiger charge is -2.42. The normalized spacial score (nSPS) is 20.4. The van der Waals surface area contributed by atoms with Gasteiger partial charge in [0.05, 0.1) is 13.2 Å². The molecule has 2 rings (SSSR count). The zero-order chi connectivity index (χ0) is 12.5. The molecule has 0 unspecified atom stereocenters. The second kappa shape index (κ2) is 4.76. The van der Waals surface area contributed by atoms with E-state index in [1.165, 1.54) is 11.3 Å². The summed E-state index contributed by atoms with van der Waals surface area (Å²) in [7, 11) is 0. The van der Waals surface area contributed by atoms with E-state index in [1.54, 1.807) is 0 Å². The van der Waals surface area contributed by atoms with Crippen molar-refractivity contribution >= 4 is 17.3 Å². The van der Waals surface area contributed by atoms with Crippen LogP contribution in [-0.2, 0) is 11.3 Å². The molecular weight excluding hydrogens is 238 g/mol. The van der Waals surface area contributed by atoms with E-state index in [0.29, 0.717) is 18.0 Å². The maximum atomic E-state index is 11.1. The lowest BCUT2D eigenvalue weighted by molar-refractivity contribution is -0.0553. The molecule has 94 valence electrons. The Bertz CT molecular complexity index is 414. The van der Waals surface area contributed by atoms with Crippen LogP contribution in [0.4, 0.5) is 0 Å². The highest BCUT2D eigenvalue weighted by Gasteiger charge is 2.31. The van der Waals surface area contributed by atoms with Gasteiger partial charge in [0.2, 0.25) is 0 Å². The molecule has 0 spiro atoms. The Morgan fingerprint density at radius 1 is 1.65 bits per heavy atom. The van der Waals surface area contributed by atoms with E-state index >= 15 is 0 Å². The van der Waals surface area contributed by atoms with Crippen LogP contribution < -0.4 is 0 Å². The van der Waals surface area contributed by atoms with Crippen LogP contribution in [0.2, 0.25) is 0 Å². The number of hydrogen-bond acceptors (Lipinski definition) is 4. The molecule has 0 amide bonds. The molecule has 1 fully saturated rings. The summed E-state index contributed by atoms with van der Waals surface area (Å²) in [6.07, 6.45) is 0. The summed E-state index contributed by atoms with van der Waals surface area (Å²) in [4.78, 5) is 13.8. The summed E-state index contributed by atoms with van der Waals surface area (Å²) in [5.74, 6) is -0.832. The second-order valence-electron chi connectivity index (χ2n) is 4.87. The second-order valence-corrected chi connectivity index (χ2v) is 5.78. The van der Waals surface area contributed by atoms with Crippen molar-refractivity contribution in [3.63, 3.8) is 0 Å². The number of ether oxygens (including phenoxy) is 1. The zero-order valence-corrected chi connectivity index (χ0v) is 10.9. The van der Waals surface area contributed by atoms with Gasteiger partial charge in [-0.05, 0) is 30.9 Å². The third-order valence-corrected chi connectivity index (χ3v) is 4.06. The molecule has 0 radical (unpaired) electrons. The van der Waals surface area contributed by atoms with E-state index in [2.05, 4.69) is 18.7 Å². The number of carboxylic acids is 1. The standard InChI is InChI=1S/C12H17NO3S/c1-12(2)8-16-5-4-13(12)7-9-3-6-17-10(9)11(14)15/h3,6H,4-5,7-8H2,1-2H3,(H,14,15). The van der Waals surface area contributed by atoms with Crippen LogP contribution in [0.1, 0.15) is 29.1 Å². The van der Waals surface area contributed by atoms with E-state index in [4.69, 9.17) is 9.84 Å². The van der Waals surface area contributed by atoms with Gasteiger partial charge in [-0.1, -0.05) is 0 Å². The Kier molecular flexibility index (Phi) is 3.51. The Labute approximate surface area is 105 Å². The first-order valence-electron chi connectivity index (χ1n) is 5.63. The first kappa shape index (κ1) is 12.5. The molecule has 17 heavy (non-hydrogen) atoms. The van der Waals surface area contributed by atoms with Crippen molar-refractivity contribution < 1.29 is 14.6 Å². The van der Waals surface area contributed by atoms with E-state index in [9.17, 15) is 4.79 Å². The van der Waals surface area contributed by atoms with Gasteiger partial charge >= 0.3 is 5.97 Å². The monoisotopic (exact) mass is 255 g/mol. The zero-order valence-electron chi connectivity index (χ0n) is 10.1. The Morgan fingerprint density at radius 3 is 3.06 bits per heavy atom. The van der Waals surface area contributed by atoms with Gasteiger partial charge in [-0.2, -0.15) is 0 Å². The molecule has 1 N–H and O–H groups in total. The topological polar surface area (TPSA) is 49.8 Å². The highest BCUT2D eigenvalue weighted by atomic mass is 32.1. The van der Waals surface area contributed by atoms with Crippen LogP contribution in [0.25, 0.3) is 0 Å². The number of carboxylic acid groups (broad SMARTS) is 1. The van der Waals surface area contributed by atoms with E-state index in [-0.39, 0.29) is 5.54 Å². The summed E-state index contributed by atoms with van der Waals surface area (Å²) in [5.41, 5.74) is 0.869. The average molecular weight is 255 g/mol. The Hall–Kier alpha value is -0.910. The minimum absolute atomic E-state index is 0.0318. The van der Waals surface area contributed by atoms with Gasteiger partial charge in [0.25, 0.3) is 0 Å². The number of hydrogen-bond donors (Lipinski definition) is 1. The summed E-state index contributed by atoms with van der Waals surface area (Å²) in [5, 5.41) is 10.9. The summed E-state index contributed by atoms with van der Waals surface area (Å²) in [6, 6.07) is 1.90. The SMILES string of the molecule is CC1(C)COCCN1Cc1ccsc1C(=O)O. The number of aromatic carboxylic acids is 1. The van der Waals surface area contributed by atoms with Crippen molar-refractivity contribution in [1.82, 2.24) is 4.90 Å². The smallest absolute Gasteiger partial charge is 0.346 e. The molecule has 0 aromatic carbocycles. The molecule has 1 aliphatic rings. The number of nitrogens with zero attached hydrogens (tertiary/aromatic N) is 1. The molecule has 1 aromatic rings. The van der Waals surface area contributed by atoms with Crippen LogP contribution in [0.15, 0.2) is 11.4 Å². The van der Waals surface area contributed by atoms with Gasteiger partial charge < -0.3 is 9.84 Å². The van der Waals surface area contributed by atoms with Gasteiger partial charge in [-0.25, -0.2) is 4.79 Å². The van der Waals surface area contributed by atoms with Crippen molar-refractivity contribution in [2.75, 3.05) is 19.8 Å². The summed E-state index contributed by atoms with van der Waals surface area (Å²) < 4.78 is 5.46. The fraction of sp³-hybridized carbons (Fsp3) is 0.583. The third kappa shape index (κ3) is 2.68. The molecule has 0 aliphatic carbocycles. The van der Waals surface area contributed by atoms with E-state index in [1.807, 2.05) is 11.4 Å². The van der Waals surface area contributed by atoms with Crippen molar-refractivity contribution in [2.24, 2.45) is 0 Å². The van der Waals surface area contributed by atoms with Crippen molar-refractivity contribution in [1.29, 1.82) is 0 Å². The number of morpholine rings is 1. The first-order chi connectivity index (χ1) is 8.00. The third-order valence-electron chi connectivity index (χ3n) is 3.12. The largest absolute Gasteiger partial charge is 0.477 e. The Morgan fingerprint density at radius 2 is 2.41 bits per heavy atom. The predicted octanol–water partition coefficient (Wildman–Crippen LogP) is 2.06. The molecule has 0 bridgehead atoms. The van der Waals surface area contributed by atoms with Crippen LogP contribution in [-0.4, -0.2) is 41.3 Å². The van der Waals surface area contributed by atoms with Gasteiger partial charge in [-0.15, -0.1) is 11.3 Å². The number of rotatable bonds is 3. The van der Waals surface area contributed by atoms with E-state index in [0.717, 1.165) is 18.7 Å². The maximum Gasteiger partial charge on any atom is 0.346 e. The first-order valence-corrected chi connectivity index (χ1v) is 6.51. The highest BCUT2D eigenvalue weighted by Crippen LogP contribution is 2.25. The minimum Gasteiger partial charge on any atom is -0.477 e. The molecule has 4 nitrogen and oxygen atoms in total. The maximum absolute atomic E-state index is 11.1. The van der Waals surface area contributed by atoms with Crippen molar-refractivity contribution in [2.45, 2.75) is 25.9 Å². The quantitative estimate of drug-likeness (QED) is 0.898.